The Bertz CT molecular complexity index is 692. The maximum absolute atomic E-state index is 4.61. The van der Waals surface area contributed by atoms with Crippen molar-refractivity contribution in [2.45, 2.75) is 38.0 Å². The van der Waals surface area contributed by atoms with Crippen molar-refractivity contribution >= 4 is 0 Å². The lowest BCUT2D eigenvalue weighted by Crippen LogP contribution is -2.04. The number of hydrogen-bond donors (Lipinski definition) is 0. The van der Waals surface area contributed by atoms with Crippen LogP contribution in [-0.2, 0) is 12.8 Å². The summed E-state index contributed by atoms with van der Waals surface area (Å²) >= 11 is 0. The molecular weight excluding hydrogens is 290 g/mol. The van der Waals surface area contributed by atoms with Gasteiger partial charge in [0.05, 0.1) is 0 Å². The van der Waals surface area contributed by atoms with Crippen molar-refractivity contribution in [2.24, 2.45) is 0 Å². The first-order valence-corrected chi connectivity index (χ1v) is 8.81. The summed E-state index contributed by atoms with van der Waals surface area (Å²) in [7, 11) is 0. The molecule has 1 radical (unpaired) electrons. The smallest absolute Gasteiger partial charge is 0.0434 e. The molecule has 1 unspecified atom stereocenters. The quantitative estimate of drug-likeness (QED) is 0.526. The number of benzene rings is 2. The minimum Gasteiger partial charge on any atom is -0.261 e. The van der Waals surface area contributed by atoms with Gasteiger partial charge in [-0.2, -0.15) is 0 Å². The molecule has 0 aliphatic carbocycles. The minimum absolute atomic E-state index is 0.527. The van der Waals surface area contributed by atoms with E-state index in [1.165, 1.54) is 29.7 Å². The maximum atomic E-state index is 4.61. The van der Waals surface area contributed by atoms with E-state index in [0.29, 0.717) is 5.92 Å². The van der Waals surface area contributed by atoms with Crippen molar-refractivity contribution < 1.29 is 0 Å². The van der Waals surface area contributed by atoms with Gasteiger partial charge in [0.2, 0.25) is 0 Å². The summed E-state index contributed by atoms with van der Waals surface area (Å²) in [5.41, 5.74) is 4.04. The topological polar surface area (TPSA) is 12.9 Å². The Morgan fingerprint density at radius 2 is 1.50 bits per heavy atom. The van der Waals surface area contributed by atoms with E-state index < -0.39 is 0 Å². The van der Waals surface area contributed by atoms with Crippen molar-refractivity contribution in [2.75, 3.05) is 0 Å². The van der Waals surface area contributed by atoms with Gasteiger partial charge in [-0.1, -0.05) is 60.7 Å². The molecule has 2 aromatic carbocycles. The van der Waals surface area contributed by atoms with Gasteiger partial charge in [-0.25, -0.2) is 0 Å². The molecule has 0 amide bonds. The first kappa shape index (κ1) is 16.4. The summed E-state index contributed by atoms with van der Waals surface area (Å²) in [5, 5.41) is 0. The van der Waals surface area contributed by atoms with E-state index in [4.69, 9.17) is 0 Å². The highest BCUT2D eigenvalue weighted by atomic mass is 14.7. The highest BCUT2D eigenvalue weighted by Crippen LogP contribution is 2.26. The molecule has 0 spiro atoms. The molecule has 0 bridgehead atoms. The minimum atomic E-state index is 0.527. The van der Waals surface area contributed by atoms with E-state index in [2.05, 4.69) is 65.6 Å². The molecule has 0 fully saturated rings. The maximum Gasteiger partial charge on any atom is 0.0434 e. The zero-order valence-corrected chi connectivity index (χ0v) is 14.1. The van der Waals surface area contributed by atoms with Crippen LogP contribution in [0.1, 0.15) is 42.0 Å². The van der Waals surface area contributed by atoms with Gasteiger partial charge in [-0.05, 0) is 61.4 Å². The Morgan fingerprint density at radius 1 is 0.750 bits per heavy atom. The van der Waals surface area contributed by atoms with Gasteiger partial charge in [-0.3, -0.25) is 4.98 Å². The fourth-order valence-corrected chi connectivity index (χ4v) is 3.18. The van der Waals surface area contributed by atoms with Gasteiger partial charge in [-0.15, -0.1) is 0 Å². The van der Waals surface area contributed by atoms with Gasteiger partial charge in [0.25, 0.3) is 0 Å². The third-order valence-electron chi connectivity index (χ3n) is 4.54. The molecule has 0 N–H and O–H groups in total. The van der Waals surface area contributed by atoms with E-state index in [1.54, 1.807) is 0 Å². The average molecular weight is 314 g/mol. The van der Waals surface area contributed by atoms with Crippen LogP contribution in [0.2, 0.25) is 0 Å². The molecule has 0 aliphatic heterocycles. The first-order valence-electron chi connectivity index (χ1n) is 8.81. The number of aryl methyl sites for hydroxylation is 2. The van der Waals surface area contributed by atoms with Crippen LogP contribution in [0.15, 0.2) is 79.0 Å². The number of rotatable bonds is 8. The molecule has 0 aliphatic rings. The van der Waals surface area contributed by atoms with Gasteiger partial charge in [0, 0.05) is 17.8 Å². The predicted octanol–water partition coefficient (Wildman–Crippen LogP) is 5.62. The lowest BCUT2D eigenvalue weighted by Gasteiger charge is -2.16. The highest BCUT2D eigenvalue weighted by Gasteiger charge is 2.13. The Labute approximate surface area is 145 Å². The molecule has 1 aromatic heterocycles. The van der Waals surface area contributed by atoms with Crippen LogP contribution in [0.4, 0.5) is 0 Å². The summed E-state index contributed by atoms with van der Waals surface area (Å²) < 4.78 is 0. The second-order valence-electron chi connectivity index (χ2n) is 6.28. The first-order chi connectivity index (χ1) is 11.9. The fourth-order valence-electron chi connectivity index (χ4n) is 3.18. The van der Waals surface area contributed by atoms with Crippen LogP contribution in [0.5, 0.6) is 0 Å². The number of pyridine rings is 1. The lowest BCUT2D eigenvalue weighted by molar-refractivity contribution is 0.541. The summed E-state index contributed by atoms with van der Waals surface area (Å²) in [6.07, 6.45) is 7.69. The molecule has 24 heavy (non-hydrogen) atoms. The monoisotopic (exact) mass is 314 g/mol. The lowest BCUT2D eigenvalue weighted by atomic mass is 9.90. The second-order valence-corrected chi connectivity index (χ2v) is 6.28. The van der Waals surface area contributed by atoms with E-state index in [-0.39, 0.29) is 0 Å². The number of aromatic nitrogens is 1. The molecule has 1 heteroatoms. The highest BCUT2D eigenvalue weighted by molar-refractivity contribution is 5.17. The molecule has 1 nitrogen and oxygen atoms in total. The zero-order valence-electron chi connectivity index (χ0n) is 14.1. The van der Waals surface area contributed by atoms with Crippen molar-refractivity contribution in [3.8, 4) is 0 Å². The van der Waals surface area contributed by atoms with Crippen molar-refractivity contribution in [1.82, 2.24) is 4.98 Å². The van der Waals surface area contributed by atoms with Crippen LogP contribution in [0.3, 0.4) is 0 Å². The number of hydrogen-bond acceptors (Lipinski definition) is 1. The standard InChI is InChI=1S/C23H24N/c1-3-10-20(11-4-1)14-9-15-22(23-16-7-8-19-24-23)18-17-21-12-5-2-6-13-21/h1,3-8,10-13,16,19,22H,9,14-15,17-18H2. The molecule has 121 valence electrons. The van der Waals surface area contributed by atoms with Gasteiger partial charge in [0.1, 0.15) is 0 Å². The van der Waals surface area contributed by atoms with E-state index in [9.17, 15) is 0 Å². The third kappa shape index (κ3) is 5.06. The van der Waals surface area contributed by atoms with E-state index in [1.807, 2.05) is 24.4 Å². The third-order valence-corrected chi connectivity index (χ3v) is 4.54. The van der Waals surface area contributed by atoms with Crippen LogP contribution < -0.4 is 0 Å². The largest absolute Gasteiger partial charge is 0.261 e. The molecule has 3 aromatic rings. The summed E-state index contributed by atoms with van der Waals surface area (Å²) in [4.78, 5) is 4.61. The van der Waals surface area contributed by atoms with Crippen LogP contribution in [0, 0.1) is 6.07 Å². The molecule has 0 saturated heterocycles. The Balaban J connectivity index is 1.59. The normalized spacial score (nSPS) is 12.0. The second kappa shape index (κ2) is 9.02. The van der Waals surface area contributed by atoms with Gasteiger partial charge in [0.15, 0.2) is 0 Å². The molecule has 1 atom stereocenters. The molecule has 3 rings (SSSR count). The van der Waals surface area contributed by atoms with Crippen molar-refractivity contribution in [1.29, 1.82) is 0 Å². The van der Waals surface area contributed by atoms with E-state index >= 15 is 0 Å². The van der Waals surface area contributed by atoms with Crippen molar-refractivity contribution in [3.05, 3.63) is 102 Å². The van der Waals surface area contributed by atoms with E-state index in [0.717, 1.165) is 19.3 Å². The van der Waals surface area contributed by atoms with Gasteiger partial charge >= 0.3 is 0 Å². The summed E-state index contributed by atoms with van der Waals surface area (Å²) in [5.74, 6) is 0.527. The fraction of sp³-hybridized carbons (Fsp3) is 0.261. The zero-order chi connectivity index (χ0) is 16.5. The summed E-state index contributed by atoms with van der Waals surface area (Å²) in [6, 6.07) is 28.5. The molecule has 1 heterocycles. The number of nitrogens with zero attached hydrogens (tertiary/aromatic N) is 1. The average Bonchev–Trinajstić information content (AvgIpc) is 2.67. The molecule has 0 saturated carbocycles. The summed E-state index contributed by atoms with van der Waals surface area (Å²) in [6.45, 7) is 0. The Kier molecular flexibility index (Phi) is 6.18. The Hall–Kier alpha value is -2.41. The van der Waals surface area contributed by atoms with Crippen molar-refractivity contribution in [3.63, 3.8) is 0 Å². The van der Waals surface area contributed by atoms with Crippen LogP contribution >= 0.6 is 0 Å². The Morgan fingerprint density at radius 3 is 2.25 bits per heavy atom. The molecular formula is C23H24N. The SMILES string of the molecule is [c]1ccc(CCC(CCCc2ccccc2)c2ccccn2)cc1. The van der Waals surface area contributed by atoms with Crippen LogP contribution in [0.25, 0.3) is 0 Å². The van der Waals surface area contributed by atoms with Crippen LogP contribution in [-0.4, -0.2) is 4.98 Å². The van der Waals surface area contributed by atoms with Gasteiger partial charge < -0.3 is 0 Å². The predicted molar refractivity (Wildman–Crippen MR) is 100.0 cm³/mol.